The van der Waals surface area contributed by atoms with Crippen molar-refractivity contribution in [3.8, 4) is 5.95 Å². The Balaban J connectivity index is 1.21. The van der Waals surface area contributed by atoms with Crippen molar-refractivity contribution in [2.45, 2.75) is 32.4 Å². The Labute approximate surface area is 201 Å². The Hall–Kier alpha value is -3.82. The van der Waals surface area contributed by atoms with Gasteiger partial charge in [0.2, 0.25) is 11.6 Å². The summed E-state index contributed by atoms with van der Waals surface area (Å²) in [5.41, 5.74) is 2.98. The Morgan fingerprint density at radius 1 is 1.29 bits per heavy atom. The van der Waals surface area contributed by atoms with Gasteiger partial charge in [0.05, 0.1) is 31.7 Å². The Bertz CT molecular complexity index is 1290. The van der Waals surface area contributed by atoms with E-state index in [9.17, 15) is 9.18 Å². The van der Waals surface area contributed by atoms with Gasteiger partial charge in [-0.2, -0.15) is 4.68 Å². The highest BCUT2D eigenvalue weighted by atomic mass is 19.1. The maximum Gasteiger partial charge on any atom is 0.253 e. The molecular formula is C23H24FN9O2. The summed E-state index contributed by atoms with van der Waals surface area (Å²) < 4.78 is 21.4. The quantitative estimate of drug-likeness (QED) is 0.522. The highest BCUT2D eigenvalue weighted by molar-refractivity contribution is 5.79. The molecule has 5 rings (SSSR count). The first-order valence-electron chi connectivity index (χ1n) is 11.3. The first-order valence-corrected chi connectivity index (χ1v) is 11.3. The number of carbonyl (C=O) groups is 1. The van der Waals surface area contributed by atoms with Crippen molar-refractivity contribution in [3.63, 3.8) is 0 Å². The summed E-state index contributed by atoms with van der Waals surface area (Å²) in [6.45, 7) is 13.9. The molecule has 2 fully saturated rings. The summed E-state index contributed by atoms with van der Waals surface area (Å²) >= 11 is 0. The normalized spacial score (nSPS) is 20.3. The number of nitrogens with zero attached hydrogens (tertiary/aromatic N) is 9. The van der Waals surface area contributed by atoms with Gasteiger partial charge >= 0.3 is 0 Å². The molecule has 0 radical (unpaired) electrons. The highest BCUT2D eigenvalue weighted by Gasteiger charge is 2.36. The molecule has 2 aliphatic rings. The Kier molecular flexibility index (Phi) is 6.19. The van der Waals surface area contributed by atoms with Gasteiger partial charge in [-0.3, -0.25) is 9.69 Å². The number of tetrazole rings is 1. The van der Waals surface area contributed by atoms with Crippen LogP contribution in [-0.2, 0) is 16.0 Å². The second-order valence-electron chi connectivity index (χ2n) is 8.74. The van der Waals surface area contributed by atoms with Gasteiger partial charge in [-0.15, -0.1) is 5.10 Å². The smallest absolute Gasteiger partial charge is 0.253 e. The summed E-state index contributed by atoms with van der Waals surface area (Å²) in [7, 11) is 0. The van der Waals surface area contributed by atoms with E-state index in [2.05, 4.69) is 35.2 Å². The van der Waals surface area contributed by atoms with Gasteiger partial charge < -0.3 is 9.64 Å². The highest BCUT2D eigenvalue weighted by Crippen LogP contribution is 2.34. The number of piperazine rings is 1. The lowest BCUT2D eigenvalue weighted by Crippen LogP contribution is -2.59. The van der Waals surface area contributed by atoms with E-state index < -0.39 is 5.82 Å². The van der Waals surface area contributed by atoms with Crippen molar-refractivity contribution in [1.82, 2.24) is 40.0 Å². The van der Waals surface area contributed by atoms with Crippen molar-refractivity contribution in [2.24, 2.45) is 0 Å². The molecule has 4 heterocycles. The van der Waals surface area contributed by atoms with Gasteiger partial charge in [0, 0.05) is 43.6 Å². The number of morpholine rings is 1. The van der Waals surface area contributed by atoms with Gasteiger partial charge in [0.1, 0.15) is 12.1 Å². The van der Waals surface area contributed by atoms with Crippen LogP contribution in [0.1, 0.15) is 28.5 Å². The molecule has 35 heavy (non-hydrogen) atoms. The molecular weight excluding hydrogens is 453 g/mol. The molecule has 2 aromatic heterocycles. The number of hydrogen-bond acceptors (Lipinski definition) is 8. The minimum Gasteiger partial charge on any atom is -0.371 e. The zero-order valence-electron chi connectivity index (χ0n) is 19.4. The first kappa shape index (κ1) is 22.9. The molecule has 2 saturated heterocycles. The van der Waals surface area contributed by atoms with Crippen molar-refractivity contribution < 1.29 is 13.9 Å². The molecule has 180 valence electrons. The van der Waals surface area contributed by atoms with E-state index >= 15 is 0 Å². The molecule has 2 aliphatic heterocycles. The van der Waals surface area contributed by atoms with Gasteiger partial charge in [0.15, 0.2) is 0 Å². The summed E-state index contributed by atoms with van der Waals surface area (Å²) in [4.78, 5) is 29.2. The molecule has 12 heteroatoms. The van der Waals surface area contributed by atoms with Gasteiger partial charge in [0.25, 0.3) is 5.95 Å². The summed E-state index contributed by atoms with van der Waals surface area (Å²) in [5, 5.41) is 10.9. The number of aromatic nitrogens is 6. The third-order valence-corrected chi connectivity index (χ3v) is 6.69. The van der Waals surface area contributed by atoms with E-state index in [4.69, 9.17) is 11.3 Å². The second-order valence-corrected chi connectivity index (χ2v) is 8.74. The summed E-state index contributed by atoms with van der Waals surface area (Å²) in [5.74, 6) is -0.136. The molecule has 0 N–H and O–H groups in total. The lowest BCUT2D eigenvalue weighted by molar-refractivity contribution is -0.139. The minimum absolute atomic E-state index is 0.0183. The van der Waals surface area contributed by atoms with Gasteiger partial charge in [-0.05, 0) is 41.5 Å². The lowest BCUT2D eigenvalue weighted by atomic mass is 9.98. The standard InChI is InChI=1S/C23H24FN9O2/c1-14-18(4-5-19(24)22(14)25-3)20-11-31-6-7-32(10-17(31)12-35-20)21(34)8-16-9-26-23(28-15(16)2)33-13-27-29-30-33/h4-5,9,13,17,20H,6-8,10-12H2,1-2H3/t17-,20-/m0/s1. The van der Waals surface area contributed by atoms with E-state index in [0.717, 1.165) is 17.7 Å². The average Bonchev–Trinajstić information content (AvgIpc) is 3.40. The van der Waals surface area contributed by atoms with Crippen LogP contribution in [0.2, 0.25) is 0 Å². The fraction of sp³-hybridized carbons (Fsp3) is 0.435. The summed E-state index contributed by atoms with van der Waals surface area (Å²) in [6, 6.07) is 3.13. The molecule has 0 unspecified atom stereocenters. The van der Waals surface area contributed by atoms with E-state index in [1.807, 2.05) is 11.8 Å². The zero-order valence-corrected chi connectivity index (χ0v) is 19.4. The molecule has 2 atom stereocenters. The second kappa shape index (κ2) is 9.44. The van der Waals surface area contributed by atoms with Gasteiger partial charge in [-0.25, -0.2) is 19.2 Å². The van der Waals surface area contributed by atoms with Crippen molar-refractivity contribution in [2.75, 3.05) is 32.8 Å². The number of fused-ring (bicyclic) bond motifs is 1. The van der Waals surface area contributed by atoms with Crippen molar-refractivity contribution in [1.29, 1.82) is 0 Å². The first-order chi connectivity index (χ1) is 16.9. The molecule has 1 amide bonds. The van der Waals surface area contributed by atoms with Crippen LogP contribution in [0.5, 0.6) is 0 Å². The van der Waals surface area contributed by atoms with E-state index in [-0.39, 0.29) is 30.2 Å². The number of rotatable bonds is 4. The lowest BCUT2D eigenvalue weighted by Gasteiger charge is -2.46. The topological polar surface area (TPSA) is 107 Å². The third-order valence-electron chi connectivity index (χ3n) is 6.69. The van der Waals surface area contributed by atoms with Crippen molar-refractivity contribution >= 4 is 11.6 Å². The molecule has 1 aromatic carbocycles. The molecule has 0 aliphatic carbocycles. The van der Waals surface area contributed by atoms with E-state index in [1.54, 1.807) is 19.2 Å². The number of aryl methyl sites for hydroxylation is 1. The van der Waals surface area contributed by atoms with E-state index in [0.29, 0.717) is 43.4 Å². The maximum atomic E-state index is 13.9. The monoisotopic (exact) mass is 477 g/mol. The average molecular weight is 478 g/mol. The number of benzene rings is 1. The predicted molar refractivity (Wildman–Crippen MR) is 121 cm³/mol. The molecule has 11 nitrogen and oxygen atoms in total. The molecule has 0 saturated carbocycles. The van der Waals surface area contributed by atoms with Crippen LogP contribution in [0.4, 0.5) is 10.1 Å². The molecule has 3 aromatic rings. The SMILES string of the molecule is [C-]#[N+]c1c(F)ccc([C@@H]2CN3CCN(C(=O)Cc4cnc(-n5cnnn5)nc4C)C[C@H]3CO2)c1C. The van der Waals surface area contributed by atoms with Crippen LogP contribution in [0.15, 0.2) is 24.7 Å². The van der Waals surface area contributed by atoms with Crippen molar-refractivity contribution in [3.05, 3.63) is 64.3 Å². The van der Waals surface area contributed by atoms with Crippen LogP contribution in [0.25, 0.3) is 10.8 Å². The van der Waals surface area contributed by atoms with Crippen LogP contribution in [0, 0.1) is 26.2 Å². The fourth-order valence-corrected chi connectivity index (χ4v) is 4.66. The van der Waals surface area contributed by atoms with E-state index in [1.165, 1.54) is 17.1 Å². The van der Waals surface area contributed by atoms with Crippen LogP contribution < -0.4 is 0 Å². The largest absolute Gasteiger partial charge is 0.371 e. The zero-order chi connectivity index (χ0) is 24.5. The van der Waals surface area contributed by atoms with Crippen LogP contribution in [0.3, 0.4) is 0 Å². The number of ether oxygens (including phenoxy) is 1. The Morgan fingerprint density at radius 2 is 2.14 bits per heavy atom. The minimum atomic E-state index is -0.507. The maximum absolute atomic E-state index is 13.9. The number of carbonyl (C=O) groups excluding carboxylic acids is 1. The molecule has 0 spiro atoms. The fourth-order valence-electron chi connectivity index (χ4n) is 4.66. The number of halogens is 1. The third kappa shape index (κ3) is 4.48. The number of amides is 1. The Morgan fingerprint density at radius 3 is 2.89 bits per heavy atom. The molecule has 0 bridgehead atoms. The summed E-state index contributed by atoms with van der Waals surface area (Å²) in [6.07, 6.45) is 3.04. The van der Waals surface area contributed by atoms with Gasteiger partial charge in [-0.1, -0.05) is 6.07 Å². The van der Waals surface area contributed by atoms with Crippen LogP contribution >= 0.6 is 0 Å². The number of hydrogen-bond donors (Lipinski definition) is 0. The van der Waals surface area contributed by atoms with Crippen LogP contribution in [-0.4, -0.2) is 84.7 Å². The predicted octanol–water partition coefficient (Wildman–Crippen LogP) is 1.59.